The number of esters is 1. The van der Waals surface area contributed by atoms with Crippen molar-refractivity contribution in [1.29, 1.82) is 0 Å². The number of methoxy groups -OCH3 is 1. The highest BCUT2D eigenvalue weighted by Gasteiger charge is 2.48. The van der Waals surface area contributed by atoms with E-state index >= 15 is 0 Å². The van der Waals surface area contributed by atoms with Gasteiger partial charge >= 0.3 is 12.1 Å². The second-order valence-electron chi connectivity index (χ2n) is 7.81. The Balaban J connectivity index is 1.45. The Labute approximate surface area is 173 Å². The van der Waals surface area contributed by atoms with Crippen molar-refractivity contribution in [2.45, 2.75) is 18.3 Å². The predicted octanol–water partition coefficient (Wildman–Crippen LogP) is 3.58. The third-order valence-electron chi connectivity index (χ3n) is 5.76. The first-order valence-electron chi connectivity index (χ1n) is 9.73. The molecule has 160 valence electrons. The number of piperazine rings is 1. The van der Waals surface area contributed by atoms with Gasteiger partial charge in [0.2, 0.25) is 0 Å². The van der Waals surface area contributed by atoms with Crippen molar-refractivity contribution in [2.75, 3.05) is 44.9 Å². The van der Waals surface area contributed by atoms with Gasteiger partial charge in [-0.15, -0.1) is 0 Å². The largest absolute Gasteiger partial charge is 0.465 e. The van der Waals surface area contributed by atoms with E-state index in [1.807, 2.05) is 12.1 Å². The topological polar surface area (TPSA) is 42.0 Å². The summed E-state index contributed by atoms with van der Waals surface area (Å²) in [5, 5.41) is 0. The van der Waals surface area contributed by atoms with Crippen molar-refractivity contribution in [1.82, 2.24) is 4.90 Å². The summed E-state index contributed by atoms with van der Waals surface area (Å²) in [7, 11) is 1.35. The first-order valence-corrected chi connectivity index (χ1v) is 9.73. The minimum atomic E-state index is -4.32. The minimum absolute atomic E-state index is 0.170. The zero-order valence-electron chi connectivity index (χ0n) is 16.6. The summed E-state index contributed by atoms with van der Waals surface area (Å²) >= 11 is 0. The lowest BCUT2D eigenvalue weighted by atomic mass is 9.90. The van der Waals surface area contributed by atoms with Crippen LogP contribution < -0.4 is 4.90 Å². The summed E-state index contributed by atoms with van der Waals surface area (Å²) in [6.07, 6.45) is -4.32. The molecule has 30 heavy (non-hydrogen) atoms. The molecule has 2 saturated heterocycles. The fourth-order valence-corrected chi connectivity index (χ4v) is 4.13. The molecule has 0 amide bonds. The Bertz CT molecular complexity index is 893. The summed E-state index contributed by atoms with van der Waals surface area (Å²) < 4.78 is 48.6. The normalized spacial score (nSPS) is 18.9. The van der Waals surface area contributed by atoms with E-state index in [0.29, 0.717) is 25.3 Å². The van der Waals surface area contributed by atoms with Crippen LogP contribution in [0.25, 0.3) is 0 Å². The molecular formula is C22H23F3N2O3. The maximum atomic E-state index is 12.8. The van der Waals surface area contributed by atoms with Crippen LogP contribution in [0, 0.1) is 0 Å². The van der Waals surface area contributed by atoms with Crippen LogP contribution in [-0.2, 0) is 22.2 Å². The molecule has 5 nitrogen and oxygen atoms in total. The zero-order chi connectivity index (χ0) is 21.4. The number of carbonyl (C=O) groups is 1. The molecule has 2 aliphatic rings. The fourth-order valence-electron chi connectivity index (χ4n) is 4.13. The van der Waals surface area contributed by atoms with Crippen LogP contribution in [0.2, 0.25) is 0 Å². The Hall–Kier alpha value is -2.58. The average molecular weight is 420 g/mol. The van der Waals surface area contributed by atoms with E-state index in [-0.39, 0.29) is 11.5 Å². The van der Waals surface area contributed by atoms with Crippen LogP contribution in [-0.4, -0.2) is 56.4 Å². The van der Waals surface area contributed by atoms with Gasteiger partial charge in [0.05, 0.1) is 37.0 Å². The molecule has 2 fully saturated rings. The van der Waals surface area contributed by atoms with Crippen molar-refractivity contribution in [3.8, 4) is 0 Å². The second kappa shape index (κ2) is 7.92. The average Bonchev–Trinajstić information content (AvgIpc) is 2.72. The molecule has 2 aliphatic heterocycles. The number of anilines is 1. The van der Waals surface area contributed by atoms with Gasteiger partial charge in [0.25, 0.3) is 0 Å². The van der Waals surface area contributed by atoms with Crippen LogP contribution in [0.1, 0.15) is 21.5 Å². The smallest absolute Gasteiger partial charge is 0.416 e. The number of benzene rings is 2. The van der Waals surface area contributed by atoms with Crippen molar-refractivity contribution in [3.05, 3.63) is 65.2 Å². The quantitative estimate of drug-likeness (QED) is 0.708. The summed E-state index contributed by atoms with van der Waals surface area (Å²) in [4.78, 5) is 16.2. The molecule has 0 saturated carbocycles. The van der Waals surface area contributed by atoms with Gasteiger partial charge in [0, 0.05) is 31.9 Å². The number of hydrogen-bond donors (Lipinski definition) is 0. The Morgan fingerprint density at radius 3 is 2.27 bits per heavy atom. The van der Waals surface area contributed by atoms with E-state index in [1.54, 1.807) is 24.3 Å². The lowest BCUT2D eigenvalue weighted by Gasteiger charge is -2.56. The summed E-state index contributed by atoms with van der Waals surface area (Å²) in [6.45, 7) is 4.08. The minimum Gasteiger partial charge on any atom is -0.465 e. The van der Waals surface area contributed by atoms with E-state index in [1.165, 1.54) is 7.11 Å². The van der Waals surface area contributed by atoms with Crippen LogP contribution >= 0.6 is 0 Å². The molecule has 0 unspecified atom stereocenters. The van der Waals surface area contributed by atoms with Crippen molar-refractivity contribution in [2.24, 2.45) is 0 Å². The van der Waals surface area contributed by atoms with Gasteiger partial charge in [-0.1, -0.05) is 12.1 Å². The molecule has 8 heteroatoms. The maximum absolute atomic E-state index is 12.8. The number of nitrogens with zero attached hydrogens (tertiary/aromatic N) is 2. The molecule has 2 heterocycles. The number of halogens is 3. The summed E-state index contributed by atoms with van der Waals surface area (Å²) in [5.41, 5.74) is 1.57. The lowest BCUT2D eigenvalue weighted by molar-refractivity contribution is -0.137. The molecule has 1 spiro atoms. The number of hydrogen-bond acceptors (Lipinski definition) is 5. The molecule has 0 bridgehead atoms. The highest BCUT2D eigenvalue weighted by Crippen LogP contribution is 2.35. The van der Waals surface area contributed by atoms with Gasteiger partial charge < -0.3 is 14.4 Å². The van der Waals surface area contributed by atoms with Gasteiger partial charge in [-0.05, 0) is 42.0 Å². The molecule has 0 radical (unpaired) electrons. The third-order valence-corrected chi connectivity index (χ3v) is 5.76. The summed E-state index contributed by atoms with van der Waals surface area (Å²) in [6, 6.07) is 12.7. The molecule has 0 atom stereocenters. The van der Waals surface area contributed by atoms with Crippen LogP contribution in [0.5, 0.6) is 0 Å². The second-order valence-corrected chi connectivity index (χ2v) is 7.81. The predicted molar refractivity (Wildman–Crippen MR) is 105 cm³/mol. The van der Waals surface area contributed by atoms with E-state index in [4.69, 9.17) is 9.47 Å². The monoisotopic (exact) mass is 420 g/mol. The first-order chi connectivity index (χ1) is 14.3. The molecule has 4 rings (SSSR count). The van der Waals surface area contributed by atoms with Gasteiger partial charge in [0.15, 0.2) is 0 Å². The first kappa shape index (κ1) is 20.7. The maximum Gasteiger partial charge on any atom is 0.416 e. The van der Waals surface area contributed by atoms with Crippen molar-refractivity contribution < 1.29 is 27.4 Å². The van der Waals surface area contributed by atoms with E-state index in [2.05, 4.69) is 9.80 Å². The molecule has 0 aromatic heterocycles. The van der Waals surface area contributed by atoms with Crippen molar-refractivity contribution in [3.63, 3.8) is 0 Å². The Kier molecular flexibility index (Phi) is 5.46. The van der Waals surface area contributed by atoms with Gasteiger partial charge in [-0.25, -0.2) is 4.79 Å². The third kappa shape index (κ3) is 4.02. The number of alkyl halides is 3. The number of carbonyl (C=O) groups excluding carboxylic acids is 1. The van der Waals surface area contributed by atoms with Gasteiger partial charge in [-0.2, -0.15) is 13.2 Å². The van der Waals surface area contributed by atoms with E-state index < -0.39 is 11.7 Å². The van der Waals surface area contributed by atoms with Gasteiger partial charge in [-0.3, -0.25) is 4.90 Å². The highest BCUT2D eigenvalue weighted by molar-refractivity contribution is 5.89. The van der Waals surface area contributed by atoms with E-state index in [9.17, 15) is 18.0 Å². The standard InChI is InChI=1S/C22H23F3N2O3/c1-29-20(28)17-4-8-19(9-5-17)27-11-10-26(13-21(27)14-30-15-21)12-16-2-6-18(7-3-16)22(23,24)25/h2-9H,10-15H2,1H3. The Morgan fingerprint density at radius 1 is 1.07 bits per heavy atom. The lowest BCUT2D eigenvalue weighted by Crippen LogP contribution is -2.71. The number of ether oxygens (including phenoxy) is 2. The number of rotatable bonds is 4. The van der Waals surface area contributed by atoms with Crippen LogP contribution in [0.3, 0.4) is 0 Å². The van der Waals surface area contributed by atoms with Crippen LogP contribution in [0.4, 0.5) is 18.9 Å². The summed E-state index contributed by atoms with van der Waals surface area (Å²) in [5.74, 6) is -0.371. The molecule has 0 aliphatic carbocycles. The van der Waals surface area contributed by atoms with Gasteiger partial charge in [0.1, 0.15) is 0 Å². The zero-order valence-corrected chi connectivity index (χ0v) is 16.6. The molecule has 0 N–H and O–H groups in total. The molecule has 2 aromatic rings. The molecular weight excluding hydrogens is 397 g/mol. The van der Waals surface area contributed by atoms with Crippen LogP contribution in [0.15, 0.2) is 48.5 Å². The van der Waals surface area contributed by atoms with E-state index in [0.717, 1.165) is 43.0 Å². The fraction of sp³-hybridized carbons (Fsp3) is 0.409. The Morgan fingerprint density at radius 2 is 1.73 bits per heavy atom. The highest BCUT2D eigenvalue weighted by atomic mass is 19.4. The van der Waals surface area contributed by atoms with Crippen molar-refractivity contribution >= 4 is 11.7 Å². The molecule has 2 aromatic carbocycles. The SMILES string of the molecule is COC(=O)c1ccc(N2CCN(Cc3ccc(C(F)(F)F)cc3)CC23COC3)cc1.